The average Bonchev–Trinajstić information content (AvgIpc) is 2.60. The van der Waals surface area contributed by atoms with Crippen molar-refractivity contribution in [1.82, 2.24) is 0 Å². The number of fused-ring (bicyclic) bond motifs is 4. The van der Waals surface area contributed by atoms with Gasteiger partial charge in [0.2, 0.25) is 0 Å². The minimum Gasteiger partial charge on any atom is -0.284 e. The predicted octanol–water partition coefficient (Wildman–Crippen LogP) is 1.64. The van der Waals surface area contributed by atoms with Crippen LogP contribution in [-0.4, -0.2) is 12.3 Å². The molecule has 0 aromatic carbocycles. The monoisotopic (exact) mass is 129 g/mol. The third-order valence-corrected chi connectivity index (χ3v) is 2.38. The molecule has 0 aromatic heterocycles. The molecule has 1 heteroatoms. The van der Waals surface area contributed by atoms with Crippen molar-refractivity contribution in [3.05, 3.63) is 34.9 Å². The van der Waals surface area contributed by atoms with Crippen LogP contribution in [-0.2, 0) is 0 Å². The maximum atomic E-state index is 4.36. The molecule has 0 N–H and O–H groups in total. The zero-order chi connectivity index (χ0) is 6.55. The van der Waals surface area contributed by atoms with Crippen LogP contribution in [0.3, 0.4) is 0 Å². The number of nitrogens with zero attached hydrogens (tertiary/aromatic N) is 1. The summed E-state index contributed by atoms with van der Waals surface area (Å²) in [4.78, 5) is 4.36. The van der Waals surface area contributed by atoms with Gasteiger partial charge in [0.1, 0.15) is 0 Å². The molecule has 0 radical (unpaired) electrons. The molecular formula is C9H7N. The van der Waals surface area contributed by atoms with Crippen molar-refractivity contribution >= 4 is 6.21 Å². The van der Waals surface area contributed by atoms with Crippen molar-refractivity contribution in [2.24, 2.45) is 4.99 Å². The van der Waals surface area contributed by atoms with E-state index in [2.05, 4.69) is 23.2 Å². The molecule has 0 fully saturated rings. The fraction of sp³-hybridized carbons (Fsp3) is 0.222. The maximum Gasteiger partial charge on any atom is 0.0796 e. The van der Waals surface area contributed by atoms with Gasteiger partial charge in [0.15, 0.2) is 0 Å². The molecule has 1 heterocycles. The molecular weight excluding hydrogens is 122 g/mol. The van der Waals surface area contributed by atoms with E-state index in [1.807, 2.05) is 6.21 Å². The fourth-order valence-electron chi connectivity index (χ4n) is 1.88. The molecule has 1 unspecified atom stereocenters. The van der Waals surface area contributed by atoms with E-state index in [9.17, 15) is 0 Å². The number of hydrogen-bond acceptors (Lipinski definition) is 1. The molecule has 48 valence electrons. The summed E-state index contributed by atoms with van der Waals surface area (Å²) in [5, 5.41) is 0. The van der Waals surface area contributed by atoms with Crippen LogP contribution in [0.1, 0.15) is 6.42 Å². The minimum atomic E-state index is 0.486. The van der Waals surface area contributed by atoms with Crippen LogP contribution in [0.5, 0.6) is 0 Å². The van der Waals surface area contributed by atoms with Crippen LogP contribution in [0.25, 0.3) is 0 Å². The molecule has 10 heavy (non-hydrogen) atoms. The molecule has 0 aromatic rings. The second-order valence-corrected chi connectivity index (χ2v) is 2.92. The normalized spacial score (nSPS) is 32.0. The van der Waals surface area contributed by atoms with Crippen LogP contribution in [0, 0.1) is 0 Å². The fourth-order valence-corrected chi connectivity index (χ4v) is 1.88. The van der Waals surface area contributed by atoms with E-state index in [0.29, 0.717) is 6.04 Å². The smallest absolute Gasteiger partial charge is 0.0796 e. The lowest BCUT2D eigenvalue weighted by Gasteiger charge is -2.04. The van der Waals surface area contributed by atoms with Gasteiger partial charge in [-0.15, -0.1) is 0 Å². The maximum absolute atomic E-state index is 4.36. The first-order valence-corrected chi connectivity index (χ1v) is 3.60. The Morgan fingerprint density at radius 2 is 2.50 bits per heavy atom. The molecule has 0 saturated heterocycles. The highest BCUT2D eigenvalue weighted by molar-refractivity contribution is 5.89. The molecule has 1 atom stereocenters. The summed E-state index contributed by atoms with van der Waals surface area (Å²) in [6.07, 6.45) is 9.67. The predicted molar refractivity (Wildman–Crippen MR) is 41.1 cm³/mol. The minimum absolute atomic E-state index is 0.486. The van der Waals surface area contributed by atoms with Crippen molar-refractivity contribution in [3.8, 4) is 0 Å². The van der Waals surface area contributed by atoms with Crippen LogP contribution >= 0.6 is 0 Å². The highest BCUT2D eigenvalue weighted by Crippen LogP contribution is 2.40. The molecule has 3 aliphatic rings. The van der Waals surface area contributed by atoms with E-state index < -0.39 is 0 Å². The summed E-state index contributed by atoms with van der Waals surface area (Å²) in [5.41, 5.74) is 4.32. The van der Waals surface area contributed by atoms with Crippen molar-refractivity contribution in [2.75, 3.05) is 0 Å². The SMILES string of the molecule is C1=CC2=C3C=NC(C3)C2=C1. The number of dihydropyridines is 1. The largest absolute Gasteiger partial charge is 0.284 e. The van der Waals surface area contributed by atoms with Gasteiger partial charge in [0, 0.05) is 12.6 Å². The molecule has 2 bridgehead atoms. The Hall–Kier alpha value is -1.11. The van der Waals surface area contributed by atoms with Crippen molar-refractivity contribution in [2.45, 2.75) is 12.5 Å². The van der Waals surface area contributed by atoms with Gasteiger partial charge < -0.3 is 0 Å². The van der Waals surface area contributed by atoms with Crippen LogP contribution in [0.4, 0.5) is 0 Å². The Bertz CT molecular complexity index is 316. The summed E-state index contributed by atoms with van der Waals surface area (Å²) < 4.78 is 0. The number of rotatable bonds is 0. The first kappa shape index (κ1) is 4.67. The number of aliphatic imine (C=N–C) groups is 1. The van der Waals surface area contributed by atoms with E-state index in [1.54, 1.807) is 0 Å². The zero-order valence-corrected chi connectivity index (χ0v) is 5.54. The Balaban J connectivity index is 2.34. The van der Waals surface area contributed by atoms with Crippen LogP contribution in [0.15, 0.2) is 39.9 Å². The van der Waals surface area contributed by atoms with Crippen molar-refractivity contribution in [1.29, 1.82) is 0 Å². The average molecular weight is 129 g/mol. The quantitative estimate of drug-likeness (QED) is 0.471. The first-order valence-electron chi connectivity index (χ1n) is 3.60. The molecule has 1 nitrogen and oxygen atoms in total. The molecule has 1 aliphatic heterocycles. The Morgan fingerprint density at radius 1 is 1.50 bits per heavy atom. The van der Waals surface area contributed by atoms with E-state index in [4.69, 9.17) is 0 Å². The van der Waals surface area contributed by atoms with Crippen molar-refractivity contribution < 1.29 is 0 Å². The molecule has 0 spiro atoms. The number of allylic oxidation sites excluding steroid dienone is 3. The highest BCUT2D eigenvalue weighted by Gasteiger charge is 2.31. The van der Waals surface area contributed by atoms with E-state index >= 15 is 0 Å². The van der Waals surface area contributed by atoms with Gasteiger partial charge in [-0.25, -0.2) is 0 Å². The Morgan fingerprint density at radius 3 is 3.40 bits per heavy atom. The van der Waals surface area contributed by atoms with E-state index in [1.165, 1.54) is 16.7 Å². The molecule has 3 rings (SSSR count). The first-order chi connectivity index (χ1) is 4.95. The lowest BCUT2D eigenvalue weighted by molar-refractivity contribution is 0.860. The second kappa shape index (κ2) is 1.31. The summed E-state index contributed by atoms with van der Waals surface area (Å²) in [7, 11) is 0. The molecule has 2 aliphatic carbocycles. The van der Waals surface area contributed by atoms with Crippen molar-refractivity contribution in [3.63, 3.8) is 0 Å². The third-order valence-electron chi connectivity index (χ3n) is 2.38. The summed E-state index contributed by atoms with van der Waals surface area (Å²) in [6.45, 7) is 0. The number of hydrogen-bond donors (Lipinski definition) is 0. The summed E-state index contributed by atoms with van der Waals surface area (Å²) in [6, 6.07) is 0.486. The zero-order valence-electron chi connectivity index (χ0n) is 5.54. The van der Waals surface area contributed by atoms with Gasteiger partial charge in [0.05, 0.1) is 6.04 Å². The van der Waals surface area contributed by atoms with Crippen LogP contribution in [0.2, 0.25) is 0 Å². The van der Waals surface area contributed by atoms with E-state index in [0.717, 1.165) is 6.42 Å². The molecule has 0 saturated carbocycles. The summed E-state index contributed by atoms with van der Waals surface area (Å²) >= 11 is 0. The van der Waals surface area contributed by atoms with Gasteiger partial charge in [-0.2, -0.15) is 0 Å². The van der Waals surface area contributed by atoms with Crippen LogP contribution < -0.4 is 0 Å². The van der Waals surface area contributed by atoms with Gasteiger partial charge in [0.25, 0.3) is 0 Å². The summed E-state index contributed by atoms with van der Waals surface area (Å²) in [5.74, 6) is 0. The topological polar surface area (TPSA) is 12.4 Å². The highest BCUT2D eigenvalue weighted by atomic mass is 14.8. The second-order valence-electron chi connectivity index (χ2n) is 2.92. The standard InChI is InChI=1S/C9H7N/c1-2-7-6-4-9(10-5-6)8(7)3-1/h1-3,5,9H,4H2. The Kier molecular flexibility index (Phi) is 0.613. The Labute approximate surface area is 59.5 Å². The van der Waals surface area contributed by atoms with Gasteiger partial charge in [-0.05, 0) is 16.7 Å². The van der Waals surface area contributed by atoms with Gasteiger partial charge in [-0.3, -0.25) is 4.99 Å². The van der Waals surface area contributed by atoms with E-state index in [-0.39, 0.29) is 0 Å². The molecule has 0 amide bonds. The lowest BCUT2D eigenvalue weighted by atomic mass is 10.1. The third kappa shape index (κ3) is 0.357. The van der Waals surface area contributed by atoms with Gasteiger partial charge >= 0.3 is 0 Å². The lowest BCUT2D eigenvalue weighted by Crippen LogP contribution is -1.98. The van der Waals surface area contributed by atoms with Gasteiger partial charge in [-0.1, -0.05) is 18.2 Å².